The van der Waals surface area contributed by atoms with Crippen molar-refractivity contribution in [2.24, 2.45) is 5.73 Å². The summed E-state index contributed by atoms with van der Waals surface area (Å²) in [6, 6.07) is 13.5. The van der Waals surface area contributed by atoms with Crippen LogP contribution in [-0.4, -0.2) is 17.1 Å². The van der Waals surface area contributed by atoms with Crippen LogP contribution in [0.2, 0.25) is 5.02 Å². The fourth-order valence-electron chi connectivity index (χ4n) is 4.18. The predicted molar refractivity (Wildman–Crippen MR) is 115 cm³/mol. The molecule has 0 bridgehead atoms. The number of rotatable bonds is 4. The van der Waals surface area contributed by atoms with Gasteiger partial charge in [0.25, 0.3) is 0 Å². The lowest BCUT2D eigenvalue weighted by molar-refractivity contribution is -0.137. The molecule has 0 atom stereocenters. The van der Waals surface area contributed by atoms with Crippen molar-refractivity contribution in [1.29, 1.82) is 0 Å². The molecule has 30 heavy (non-hydrogen) atoms. The van der Waals surface area contributed by atoms with Gasteiger partial charge in [0.2, 0.25) is 0 Å². The third kappa shape index (κ3) is 4.55. The Hall–Kier alpha value is -2.31. The van der Waals surface area contributed by atoms with Gasteiger partial charge in [-0.05, 0) is 67.6 Å². The summed E-state index contributed by atoms with van der Waals surface area (Å²) < 4.78 is 38.8. The second-order valence-electron chi connectivity index (χ2n) is 7.88. The summed E-state index contributed by atoms with van der Waals surface area (Å²) in [7, 11) is 0. The number of nitrogens with zero attached hydrogens (tertiary/aromatic N) is 2. The number of benzene rings is 2. The zero-order valence-electron chi connectivity index (χ0n) is 16.4. The first-order chi connectivity index (χ1) is 14.3. The highest BCUT2D eigenvalue weighted by Crippen LogP contribution is 2.35. The lowest BCUT2D eigenvalue weighted by Crippen LogP contribution is -2.40. The average Bonchev–Trinajstić information content (AvgIpc) is 2.72. The molecule has 1 fully saturated rings. The molecule has 1 saturated carbocycles. The van der Waals surface area contributed by atoms with Crippen LogP contribution >= 0.6 is 11.6 Å². The van der Waals surface area contributed by atoms with Crippen molar-refractivity contribution in [2.45, 2.75) is 50.5 Å². The Balaban J connectivity index is 1.70. The van der Waals surface area contributed by atoms with Crippen LogP contribution in [-0.2, 0) is 12.7 Å². The number of alkyl halides is 3. The van der Waals surface area contributed by atoms with Crippen molar-refractivity contribution in [3.8, 4) is 0 Å². The van der Waals surface area contributed by atoms with E-state index in [0.29, 0.717) is 11.6 Å². The van der Waals surface area contributed by atoms with E-state index in [1.807, 2.05) is 24.3 Å². The average molecular weight is 434 g/mol. The monoisotopic (exact) mass is 433 g/mol. The maximum atomic E-state index is 12.9. The minimum atomic E-state index is -4.34. The molecule has 1 aromatic heterocycles. The third-order valence-electron chi connectivity index (χ3n) is 5.81. The van der Waals surface area contributed by atoms with Crippen molar-refractivity contribution >= 4 is 28.2 Å². The molecule has 2 N–H and O–H groups in total. The molecular weight excluding hydrogens is 411 g/mol. The molecule has 158 valence electrons. The van der Waals surface area contributed by atoms with E-state index < -0.39 is 11.7 Å². The van der Waals surface area contributed by atoms with Crippen molar-refractivity contribution in [2.75, 3.05) is 4.90 Å². The first-order valence-electron chi connectivity index (χ1n) is 10.0. The molecule has 7 heteroatoms. The molecule has 0 spiro atoms. The van der Waals surface area contributed by atoms with E-state index >= 15 is 0 Å². The minimum absolute atomic E-state index is 0.210. The van der Waals surface area contributed by atoms with Crippen molar-refractivity contribution in [3.63, 3.8) is 0 Å². The molecule has 0 aliphatic heterocycles. The molecular formula is C23H23ClF3N3. The van der Waals surface area contributed by atoms with Crippen LogP contribution in [0.15, 0.2) is 54.7 Å². The van der Waals surface area contributed by atoms with Gasteiger partial charge in [0.05, 0.1) is 11.1 Å². The van der Waals surface area contributed by atoms with E-state index in [1.165, 1.54) is 0 Å². The quantitative estimate of drug-likeness (QED) is 0.534. The normalized spacial score (nSPS) is 19.8. The molecule has 0 unspecified atom stereocenters. The van der Waals surface area contributed by atoms with Crippen LogP contribution < -0.4 is 10.6 Å². The number of hydrogen-bond acceptors (Lipinski definition) is 3. The highest BCUT2D eigenvalue weighted by atomic mass is 35.5. The Morgan fingerprint density at radius 3 is 2.37 bits per heavy atom. The maximum absolute atomic E-state index is 12.9. The van der Waals surface area contributed by atoms with Gasteiger partial charge in [-0.1, -0.05) is 23.7 Å². The Morgan fingerprint density at radius 2 is 1.70 bits per heavy atom. The highest BCUT2D eigenvalue weighted by molar-refractivity contribution is 6.31. The van der Waals surface area contributed by atoms with Gasteiger partial charge in [0, 0.05) is 40.9 Å². The van der Waals surface area contributed by atoms with Gasteiger partial charge in [-0.25, -0.2) is 0 Å². The third-order valence-corrected chi connectivity index (χ3v) is 6.04. The number of aromatic nitrogens is 1. The van der Waals surface area contributed by atoms with Crippen LogP contribution in [0.1, 0.15) is 36.8 Å². The topological polar surface area (TPSA) is 42.1 Å². The lowest BCUT2D eigenvalue weighted by atomic mass is 9.90. The van der Waals surface area contributed by atoms with Crippen molar-refractivity contribution in [1.82, 2.24) is 4.98 Å². The summed E-state index contributed by atoms with van der Waals surface area (Å²) >= 11 is 6.14. The van der Waals surface area contributed by atoms with E-state index in [1.54, 1.807) is 18.3 Å². The molecule has 1 heterocycles. The summed E-state index contributed by atoms with van der Waals surface area (Å²) in [5, 5.41) is 1.59. The summed E-state index contributed by atoms with van der Waals surface area (Å²) in [5.74, 6) is 0. The van der Waals surface area contributed by atoms with E-state index in [9.17, 15) is 13.2 Å². The van der Waals surface area contributed by atoms with Gasteiger partial charge < -0.3 is 10.6 Å². The van der Waals surface area contributed by atoms with Gasteiger partial charge in [-0.3, -0.25) is 4.98 Å². The van der Waals surface area contributed by atoms with Gasteiger partial charge >= 0.3 is 6.18 Å². The van der Waals surface area contributed by atoms with Crippen molar-refractivity contribution in [3.05, 3.63) is 70.9 Å². The summed E-state index contributed by atoms with van der Waals surface area (Å²) in [5.41, 5.74) is 8.11. The number of anilines is 1. The SMILES string of the molecule is NC1CCC(N(Cc2ccc(C(F)(F)F)cc2)c2ccnc3cc(Cl)ccc23)CC1. The van der Waals surface area contributed by atoms with Gasteiger partial charge in [0.1, 0.15) is 0 Å². The number of nitrogens with two attached hydrogens (primary N) is 1. The molecule has 1 aliphatic rings. The van der Waals surface area contributed by atoms with E-state index in [0.717, 1.165) is 60.0 Å². The number of halogens is 4. The highest BCUT2D eigenvalue weighted by Gasteiger charge is 2.30. The predicted octanol–water partition coefficient (Wildman–Crippen LogP) is 6.18. The van der Waals surface area contributed by atoms with Crippen LogP contribution in [0.25, 0.3) is 10.9 Å². The molecule has 1 aliphatic carbocycles. The fourth-order valence-corrected chi connectivity index (χ4v) is 4.34. The van der Waals surface area contributed by atoms with Gasteiger partial charge in [0.15, 0.2) is 0 Å². The standard InChI is InChI=1S/C23H23ClF3N3/c24-17-5-10-20-21(13-17)29-12-11-22(20)30(19-8-6-18(28)7-9-19)14-15-1-3-16(4-2-15)23(25,26)27/h1-5,10-13,18-19H,6-9,14,28H2. The second-order valence-corrected chi connectivity index (χ2v) is 8.32. The number of fused-ring (bicyclic) bond motifs is 1. The van der Waals surface area contributed by atoms with Crippen molar-refractivity contribution < 1.29 is 13.2 Å². The largest absolute Gasteiger partial charge is 0.416 e. The summed E-state index contributed by atoms with van der Waals surface area (Å²) in [6.45, 7) is 0.514. The molecule has 3 nitrogen and oxygen atoms in total. The first-order valence-corrected chi connectivity index (χ1v) is 10.4. The van der Waals surface area contributed by atoms with Crippen LogP contribution in [0.5, 0.6) is 0 Å². The van der Waals surface area contributed by atoms with Crippen LogP contribution in [0, 0.1) is 0 Å². The Morgan fingerprint density at radius 1 is 1.00 bits per heavy atom. The van der Waals surface area contributed by atoms with Crippen LogP contribution in [0.3, 0.4) is 0 Å². The van der Waals surface area contributed by atoms with Gasteiger partial charge in [-0.2, -0.15) is 13.2 Å². The molecule has 4 rings (SSSR count). The Bertz CT molecular complexity index is 1010. The van der Waals surface area contributed by atoms with E-state index in [4.69, 9.17) is 17.3 Å². The van der Waals surface area contributed by atoms with Gasteiger partial charge in [-0.15, -0.1) is 0 Å². The first kappa shape index (κ1) is 20.9. The zero-order chi connectivity index (χ0) is 21.3. The Kier molecular flexibility index (Phi) is 5.89. The van der Waals surface area contributed by atoms with E-state index in [-0.39, 0.29) is 12.1 Å². The summed E-state index contributed by atoms with van der Waals surface area (Å²) in [4.78, 5) is 6.72. The molecule has 0 amide bonds. The zero-order valence-corrected chi connectivity index (χ0v) is 17.1. The Labute approximate surface area is 178 Å². The number of pyridine rings is 1. The van der Waals surface area contributed by atoms with E-state index in [2.05, 4.69) is 9.88 Å². The number of hydrogen-bond donors (Lipinski definition) is 1. The maximum Gasteiger partial charge on any atom is 0.416 e. The van der Waals surface area contributed by atoms with Crippen LogP contribution in [0.4, 0.5) is 18.9 Å². The molecule has 0 saturated heterocycles. The molecule has 2 aromatic carbocycles. The lowest BCUT2D eigenvalue weighted by Gasteiger charge is -2.38. The molecule has 0 radical (unpaired) electrons. The molecule has 3 aromatic rings. The smallest absolute Gasteiger partial charge is 0.364 e. The second kappa shape index (κ2) is 8.44. The summed E-state index contributed by atoms with van der Waals surface area (Å²) in [6.07, 6.45) is 1.17. The minimum Gasteiger partial charge on any atom is -0.364 e. The fraction of sp³-hybridized carbons (Fsp3) is 0.348.